The molecule has 0 spiro atoms. The van der Waals surface area contributed by atoms with Gasteiger partial charge in [-0.05, 0) is 69.3 Å². The van der Waals surface area contributed by atoms with E-state index >= 15 is 0 Å². The zero-order chi connectivity index (χ0) is 21.8. The van der Waals surface area contributed by atoms with Gasteiger partial charge in [0.15, 0.2) is 0 Å². The molecule has 1 aliphatic heterocycles. The van der Waals surface area contributed by atoms with Crippen molar-refractivity contribution in [1.29, 1.82) is 0 Å². The molecule has 6 nitrogen and oxygen atoms in total. The van der Waals surface area contributed by atoms with E-state index in [4.69, 9.17) is 16.3 Å². The number of hydrogen-bond acceptors (Lipinski definition) is 5. The van der Waals surface area contributed by atoms with Crippen LogP contribution < -0.4 is 10.3 Å². The number of piperidine rings is 1. The molecule has 0 amide bonds. The third-order valence-electron chi connectivity index (χ3n) is 6.32. The molecule has 0 radical (unpaired) electrons. The van der Waals surface area contributed by atoms with Gasteiger partial charge in [0.2, 0.25) is 0 Å². The molecular formula is C24H29ClN4O2. The van der Waals surface area contributed by atoms with Gasteiger partial charge in [-0.2, -0.15) is 0 Å². The van der Waals surface area contributed by atoms with E-state index in [9.17, 15) is 4.79 Å². The summed E-state index contributed by atoms with van der Waals surface area (Å²) in [6, 6.07) is 7.31. The van der Waals surface area contributed by atoms with Crippen molar-refractivity contribution in [2.75, 3.05) is 26.7 Å². The van der Waals surface area contributed by atoms with Gasteiger partial charge >= 0.3 is 0 Å². The smallest absolute Gasteiger partial charge is 0.251 e. The van der Waals surface area contributed by atoms with Crippen LogP contribution in [0.5, 0.6) is 5.75 Å². The highest BCUT2D eigenvalue weighted by Gasteiger charge is 2.19. The minimum absolute atomic E-state index is 0.00260. The van der Waals surface area contributed by atoms with Crippen LogP contribution in [0, 0.1) is 12.8 Å². The summed E-state index contributed by atoms with van der Waals surface area (Å²) in [5, 5.41) is 0.754. The molecule has 0 saturated carbocycles. The number of ether oxygens (including phenoxy) is 1. The number of halogens is 1. The highest BCUT2D eigenvalue weighted by atomic mass is 35.5. The number of likely N-dealkylation sites (tertiary alicyclic amines) is 1. The Labute approximate surface area is 187 Å². The largest absolute Gasteiger partial charge is 0.495 e. The monoisotopic (exact) mass is 440 g/mol. The topological polar surface area (TPSA) is 60.2 Å². The zero-order valence-electron chi connectivity index (χ0n) is 18.2. The first kappa shape index (κ1) is 21.8. The number of pyridine rings is 3. The molecule has 3 aromatic rings. The number of methoxy groups -OCH3 is 1. The van der Waals surface area contributed by atoms with Gasteiger partial charge in [0.05, 0.1) is 35.1 Å². The average molecular weight is 441 g/mol. The van der Waals surface area contributed by atoms with Crippen LogP contribution in [0.4, 0.5) is 0 Å². The second-order valence-corrected chi connectivity index (χ2v) is 8.74. The predicted octanol–water partition coefficient (Wildman–Crippen LogP) is 4.11. The maximum absolute atomic E-state index is 12.5. The first-order valence-electron chi connectivity index (χ1n) is 10.9. The second kappa shape index (κ2) is 9.79. The van der Waals surface area contributed by atoms with Crippen LogP contribution >= 0.6 is 11.6 Å². The van der Waals surface area contributed by atoms with Crippen LogP contribution in [-0.4, -0.2) is 46.2 Å². The van der Waals surface area contributed by atoms with Crippen molar-refractivity contribution in [2.24, 2.45) is 5.92 Å². The summed E-state index contributed by atoms with van der Waals surface area (Å²) in [4.78, 5) is 23.7. The zero-order valence-corrected chi connectivity index (χ0v) is 18.9. The minimum atomic E-state index is 0.00260. The maximum Gasteiger partial charge on any atom is 0.251 e. The van der Waals surface area contributed by atoms with Gasteiger partial charge in [-0.1, -0.05) is 11.6 Å². The average Bonchev–Trinajstić information content (AvgIpc) is 2.79. The van der Waals surface area contributed by atoms with E-state index < -0.39 is 0 Å². The molecule has 0 unspecified atom stereocenters. The number of hydrogen-bond donors (Lipinski definition) is 0. The van der Waals surface area contributed by atoms with Gasteiger partial charge < -0.3 is 14.2 Å². The lowest BCUT2D eigenvalue weighted by atomic mass is 9.91. The maximum atomic E-state index is 12.5. The van der Waals surface area contributed by atoms with E-state index in [0.717, 1.165) is 53.7 Å². The molecule has 31 heavy (non-hydrogen) atoms. The molecule has 1 saturated heterocycles. The lowest BCUT2D eigenvalue weighted by Gasteiger charge is -2.32. The van der Waals surface area contributed by atoms with Gasteiger partial charge in [-0.3, -0.25) is 14.8 Å². The van der Waals surface area contributed by atoms with Gasteiger partial charge in [-0.15, -0.1) is 0 Å². The summed E-state index contributed by atoms with van der Waals surface area (Å²) in [7, 11) is 1.61. The minimum Gasteiger partial charge on any atom is -0.495 e. The normalized spacial score (nSPS) is 15.5. The van der Waals surface area contributed by atoms with Crippen LogP contribution in [0.3, 0.4) is 0 Å². The van der Waals surface area contributed by atoms with Gasteiger partial charge in [-0.25, -0.2) is 0 Å². The second-order valence-electron chi connectivity index (χ2n) is 8.34. The molecule has 0 atom stereocenters. The SMILES string of the molecule is COc1cnc2ccc(=O)n(CCN3CCC(CCc4cnc(C)c(Cl)c4)CC3)c2c1. The van der Waals surface area contributed by atoms with Crippen molar-refractivity contribution < 1.29 is 4.74 Å². The Bertz CT molecular complexity index is 1110. The van der Waals surface area contributed by atoms with Crippen molar-refractivity contribution in [3.05, 3.63) is 63.3 Å². The van der Waals surface area contributed by atoms with E-state index in [1.165, 1.54) is 24.8 Å². The molecule has 0 aromatic carbocycles. The van der Waals surface area contributed by atoms with E-state index in [1.54, 1.807) is 25.4 Å². The molecule has 1 aliphatic rings. The van der Waals surface area contributed by atoms with Crippen molar-refractivity contribution >= 4 is 22.6 Å². The first-order valence-corrected chi connectivity index (χ1v) is 11.3. The van der Waals surface area contributed by atoms with E-state index in [1.807, 2.05) is 29.8 Å². The number of fused-ring (bicyclic) bond motifs is 1. The summed E-state index contributed by atoms with van der Waals surface area (Å²) < 4.78 is 7.10. The van der Waals surface area contributed by atoms with Crippen molar-refractivity contribution in [1.82, 2.24) is 19.4 Å². The summed E-state index contributed by atoms with van der Waals surface area (Å²) in [6.45, 7) is 5.59. The highest BCUT2D eigenvalue weighted by Crippen LogP contribution is 2.24. The molecule has 4 heterocycles. The summed E-state index contributed by atoms with van der Waals surface area (Å²) >= 11 is 6.20. The summed E-state index contributed by atoms with van der Waals surface area (Å²) in [5.41, 5.74) is 3.75. The third kappa shape index (κ3) is 5.25. The van der Waals surface area contributed by atoms with E-state index in [-0.39, 0.29) is 5.56 Å². The van der Waals surface area contributed by atoms with Crippen molar-refractivity contribution in [2.45, 2.75) is 39.2 Å². The van der Waals surface area contributed by atoms with Crippen LogP contribution in [-0.2, 0) is 13.0 Å². The number of aromatic nitrogens is 3. The lowest BCUT2D eigenvalue weighted by Crippen LogP contribution is -2.37. The fourth-order valence-electron chi connectivity index (χ4n) is 4.28. The van der Waals surface area contributed by atoms with E-state index in [0.29, 0.717) is 12.3 Å². The Balaban J connectivity index is 1.31. The summed E-state index contributed by atoms with van der Waals surface area (Å²) in [6.07, 6.45) is 8.20. The van der Waals surface area contributed by atoms with Crippen LogP contribution in [0.1, 0.15) is 30.5 Å². The Morgan fingerprint density at radius 3 is 2.68 bits per heavy atom. The number of aryl methyl sites for hydroxylation is 2. The molecule has 7 heteroatoms. The molecule has 1 fully saturated rings. The van der Waals surface area contributed by atoms with Gasteiger partial charge in [0.1, 0.15) is 5.75 Å². The Morgan fingerprint density at radius 1 is 1.13 bits per heavy atom. The van der Waals surface area contributed by atoms with Crippen LogP contribution in [0.2, 0.25) is 5.02 Å². The molecule has 0 N–H and O–H groups in total. The molecule has 0 bridgehead atoms. The van der Waals surface area contributed by atoms with Crippen molar-refractivity contribution in [3.8, 4) is 5.75 Å². The van der Waals surface area contributed by atoms with E-state index in [2.05, 4.69) is 14.9 Å². The van der Waals surface area contributed by atoms with Gasteiger partial charge in [0, 0.05) is 31.4 Å². The molecule has 164 valence electrons. The fraction of sp³-hybridized carbons (Fsp3) is 0.458. The number of nitrogens with zero attached hydrogens (tertiary/aromatic N) is 4. The first-order chi connectivity index (χ1) is 15.0. The van der Waals surface area contributed by atoms with Crippen molar-refractivity contribution in [3.63, 3.8) is 0 Å². The Morgan fingerprint density at radius 2 is 1.94 bits per heavy atom. The quantitative estimate of drug-likeness (QED) is 0.553. The Hall–Kier alpha value is -2.44. The fourth-order valence-corrected chi connectivity index (χ4v) is 4.47. The summed E-state index contributed by atoms with van der Waals surface area (Å²) in [5.74, 6) is 1.39. The van der Waals surface area contributed by atoms with Crippen LogP contribution in [0.15, 0.2) is 41.5 Å². The lowest BCUT2D eigenvalue weighted by molar-refractivity contribution is 0.174. The van der Waals surface area contributed by atoms with Crippen LogP contribution in [0.25, 0.3) is 11.0 Å². The molecule has 3 aromatic heterocycles. The predicted molar refractivity (Wildman–Crippen MR) is 124 cm³/mol. The third-order valence-corrected chi connectivity index (χ3v) is 6.70. The molecule has 0 aliphatic carbocycles. The van der Waals surface area contributed by atoms with Gasteiger partial charge in [0.25, 0.3) is 5.56 Å². The molecule has 4 rings (SSSR count). The highest BCUT2D eigenvalue weighted by molar-refractivity contribution is 6.31. The number of rotatable bonds is 7. The molecular weight excluding hydrogens is 412 g/mol. The Kier molecular flexibility index (Phi) is 6.88. The standard InChI is InChI=1S/C24H29ClN4O2/c1-17-21(25)13-19(15-26-17)4-3-18-7-9-28(10-8-18)11-12-29-23-14-20(31-2)16-27-22(23)5-6-24(29)30/h5-6,13-16,18H,3-4,7-12H2,1-2H3.